The third kappa shape index (κ3) is 3.23. The second-order valence-electron chi connectivity index (χ2n) is 5.05. The largest absolute Gasteiger partial charge is 0.423 e. The Morgan fingerprint density at radius 1 is 1.19 bits per heavy atom. The van der Waals surface area contributed by atoms with Crippen molar-refractivity contribution >= 4 is 22.3 Å². The lowest BCUT2D eigenvalue weighted by Gasteiger charge is -2.06. The average Bonchev–Trinajstić information content (AvgIpc) is 2.99. The van der Waals surface area contributed by atoms with Gasteiger partial charge in [-0.05, 0) is 29.5 Å². The smallest absolute Gasteiger partial charge is 0.336 e. The van der Waals surface area contributed by atoms with Crippen LogP contribution in [-0.4, -0.2) is 0 Å². The maximum absolute atomic E-state index is 11.7. The van der Waals surface area contributed by atoms with E-state index in [4.69, 9.17) is 4.42 Å². The minimum atomic E-state index is -0.268. The predicted octanol–water partition coefficient (Wildman–Crippen LogP) is 2.68. The topological polar surface area (TPSA) is 46.8 Å². The van der Waals surface area contributed by atoms with Gasteiger partial charge in [0.1, 0.15) is 18.7 Å². The highest BCUT2D eigenvalue weighted by Crippen LogP contribution is 2.18. The first kappa shape index (κ1) is 14.0. The molecule has 0 unspecified atom stereocenters. The standard InChI is InChI=1S/C17H17NO2S/c1-2-12-5-6-15-13(9-17(19)20-16(15)8-12)10-18-11-14-4-3-7-21-14/h3-9,18H,2,10-11H2,1H3/p+1. The van der Waals surface area contributed by atoms with Crippen molar-refractivity contribution in [1.82, 2.24) is 0 Å². The molecule has 4 heteroatoms. The van der Waals surface area contributed by atoms with Crippen molar-refractivity contribution in [3.63, 3.8) is 0 Å². The Hall–Kier alpha value is -1.91. The molecule has 0 bridgehead atoms. The van der Waals surface area contributed by atoms with Crippen molar-refractivity contribution in [2.45, 2.75) is 26.4 Å². The highest BCUT2D eigenvalue weighted by Gasteiger charge is 2.08. The van der Waals surface area contributed by atoms with E-state index >= 15 is 0 Å². The molecule has 1 aromatic carbocycles. The van der Waals surface area contributed by atoms with E-state index in [-0.39, 0.29) is 5.63 Å². The van der Waals surface area contributed by atoms with Crippen LogP contribution in [0.5, 0.6) is 0 Å². The van der Waals surface area contributed by atoms with Gasteiger partial charge in [0.05, 0.1) is 4.88 Å². The number of nitrogens with two attached hydrogens (primary N) is 1. The first-order valence-corrected chi connectivity index (χ1v) is 8.04. The van der Waals surface area contributed by atoms with Gasteiger partial charge in [-0.3, -0.25) is 0 Å². The van der Waals surface area contributed by atoms with E-state index in [1.807, 2.05) is 6.07 Å². The minimum absolute atomic E-state index is 0.268. The zero-order valence-corrected chi connectivity index (χ0v) is 12.8. The molecule has 2 heterocycles. The molecule has 108 valence electrons. The van der Waals surface area contributed by atoms with Crippen molar-refractivity contribution in [2.75, 3.05) is 0 Å². The Morgan fingerprint density at radius 3 is 2.86 bits per heavy atom. The lowest BCUT2D eigenvalue weighted by atomic mass is 10.1. The van der Waals surface area contributed by atoms with Crippen LogP contribution < -0.4 is 10.9 Å². The highest BCUT2D eigenvalue weighted by atomic mass is 32.1. The van der Waals surface area contributed by atoms with Gasteiger partial charge >= 0.3 is 5.63 Å². The first-order valence-electron chi connectivity index (χ1n) is 7.16. The van der Waals surface area contributed by atoms with E-state index in [0.29, 0.717) is 5.58 Å². The number of aryl methyl sites for hydroxylation is 1. The molecule has 0 saturated carbocycles. The van der Waals surface area contributed by atoms with Gasteiger partial charge in [-0.2, -0.15) is 0 Å². The van der Waals surface area contributed by atoms with Crippen LogP contribution in [0.15, 0.2) is 51.0 Å². The average molecular weight is 300 g/mol. The van der Waals surface area contributed by atoms with Crippen molar-refractivity contribution in [3.8, 4) is 0 Å². The molecule has 3 rings (SSSR count). The normalized spacial score (nSPS) is 11.1. The van der Waals surface area contributed by atoms with Gasteiger partial charge in [-0.15, -0.1) is 11.3 Å². The van der Waals surface area contributed by atoms with E-state index in [1.165, 1.54) is 10.4 Å². The summed E-state index contributed by atoms with van der Waals surface area (Å²) in [5.74, 6) is 0. The van der Waals surface area contributed by atoms with E-state index in [2.05, 4.69) is 41.9 Å². The van der Waals surface area contributed by atoms with Gasteiger partial charge < -0.3 is 9.73 Å². The van der Waals surface area contributed by atoms with Crippen molar-refractivity contribution in [2.24, 2.45) is 0 Å². The second kappa shape index (κ2) is 6.24. The van der Waals surface area contributed by atoms with E-state index in [9.17, 15) is 4.79 Å². The fourth-order valence-corrected chi connectivity index (χ4v) is 3.16. The monoisotopic (exact) mass is 300 g/mol. The van der Waals surface area contributed by atoms with Gasteiger partial charge in [-0.1, -0.05) is 25.1 Å². The fourth-order valence-electron chi connectivity index (χ4n) is 2.46. The van der Waals surface area contributed by atoms with Crippen molar-refractivity contribution in [3.05, 3.63) is 68.2 Å². The summed E-state index contributed by atoms with van der Waals surface area (Å²) in [5.41, 5.74) is 2.66. The lowest BCUT2D eigenvalue weighted by Crippen LogP contribution is -2.80. The van der Waals surface area contributed by atoms with E-state index in [1.54, 1.807) is 17.4 Å². The first-order chi connectivity index (χ1) is 10.3. The SMILES string of the molecule is CCc1ccc2c(C[NH2+]Cc3cccs3)cc(=O)oc2c1. The number of hydrogen-bond acceptors (Lipinski definition) is 3. The van der Waals surface area contributed by atoms with Gasteiger partial charge in [0.15, 0.2) is 0 Å². The Bertz CT molecular complexity index is 790. The van der Waals surface area contributed by atoms with Crippen LogP contribution >= 0.6 is 11.3 Å². The summed E-state index contributed by atoms with van der Waals surface area (Å²) in [6, 6.07) is 11.9. The maximum atomic E-state index is 11.7. The van der Waals surface area contributed by atoms with Gasteiger partial charge in [0.2, 0.25) is 0 Å². The molecule has 0 atom stereocenters. The van der Waals surface area contributed by atoms with Crippen LogP contribution in [0.1, 0.15) is 22.9 Å². The molecule has 21 heavy (non-hydrogen) atoms. The van der Waals surface area contributed by atoms with Crippen LogP contribution in [0, 0.1) is 0 Å². The Labute approximate surface area is 127 Å². The van der Waals surface area contributed by atoms with Gasteiger partial charge in [0.25, 0.3) is 0 Å². The summed E-state index contributed by atoms with van der Waals surface area (Å²) in [4.78, 5) is 13.1. The molecule has 0 fully saturated rings. The number of quaternary nitrogens is 1. The number of benzene rings is 1. The lowest BCUT2D eigenvalue weighted by molar-refractivity contribution is -0.685. The van der Waals surface area contributed by atoms with E-state index < -0.39 is 0 Å². The molecular formula is C17H18NO2S+. The predicted molar refractivity (Wildman–Crippen MR) is 85.5 cm³/mol. The summed E-state index contributed by atoms with van der Waals surface area (Å²) in [5, 5.41) is 5.34. The molecule has 0 radical (unpaired) electrons. The number of fused-ring (bicyclic) bond motifs is 1. The Kier molecular flexibility index (Phi) is 4.18. The zero-order valence-electron chi connectivity index (χ0n) is 12.0. The van der Waals surface area contributed by atoms with Crippen molar-refractivity contribution < 1.29 is 9.73 Å². The Morgan fingerprint density at radius 2 is 2.10 bits per heavy atom. The van der Waals surface area contributed by atoms with Gasteiger partial charge in [0, 0.05) is 17.0 Å². The highest BCUT2D eigenvalue weighted by molar-refractivity contribution is 7.09. The Balaban J connectivity index is 1.85. The number of thiophene rings is 1. The zero-order chi connectivity index (χ0) is 14.7. The molecule has 0 amide bonds. The molecule has 0 spiro atoms. The van der Waals surface area contributed by atoms with Crippen LogP contribution in [0.3, 0.4) is 0 Å². The minimum Gasteiger partial charge on any atom is -0.423 e. The number of rotatable bonds is 5. The molecule has 2 aromatic heterocycles. The van der Waals surface area contributed by atoms with Crippen molar-refractivity contribution in [1.29, 1.82) is 0 Å². The second-order valence-corrected chi connectivity index (χ2v) is 6.08. The van der Waals surface area contributed by atoms with Crippen LogP contribution in [0.25, 0.3) is 11.0 Å². The summed E-state index contributed by atoms with van der Waals surface area (Å²) < 4.78 is 5.33. The van der Waals surface area contributed by atoms with Crippen LogP contribution in [-0.2, 0) is 19.5 Å². The molecule has 0 aliphatic carbocycles. The maximum Gasteiger partial charge on any atom is 0.336 e. The quantitative estimate of drug-likeness (QED) is 0.736. The molecule has 0 aliphatic heterocycles. The molecule has 2 N–H and O–H groups in total. The van der Waals surface area contributed by atoms with Crippen LogP contribution in [0.4, 0.5) is 0 Å². The molecular weight excluding hydrogens is 282 g/mol. The summed E-state index contributed by atoms with van der Waals surface area (Å²) in [6.45, 7) is 3.82. The number of hydrogen-bond donors (Lipinski definition) is 1. The summed E-state index contributed by atoms with van der Waals surface area (Å²) in [7, 11) is 0. The van der Waals surface area contributed by atoms with Crippen LogP contribution in [0.2, 0.25) is 0 Å². The molecule has 3 aromatic rings. The molecule has 3 nitrogen and oxygen atoms in total. The van der Waals surface area contributed by atoms with Gasteiger partial charge in [-0.25, -0.2) is 4.79 Å². The van der Waals surface area contributed by atoms with E-state index in [0.717, 1.165) is 30.5 Å². The fraction of sp³-hybridized carbons (Fsp3) is 0.235. The molecule has 0 saturated heterocycles. The summed E-state index contributed by atoms with van der Waals surface area (Å²) in [6.07, 6.45) is 0.939. The third-order valence-corrected chi connectivity index (χ3v) is 4.49. The molecule has 0 aliphatic rings. The summed E-state index contributed by atoms with van der Waals surface area (Å²) >= 11 is 1.76. The third-order valence-electron chi connectivity index (χ3n) is 3.59.